The molecule has 3 heteroatoms. The molecule has 1 heterocycles. The van der Waals surface area contributed by atoms with Gasteiger partial charge in [-0.2, -0.15) is 0 Å². The summed E-state index contributed by atoms with van der Waals surface area (Å²) in [4.78, 5) is 0. The summed E-state index contributed by atoms with van der Waals surface area (Å²) in [5.74, 6) is 0.940. The maximum absolute atomic E-state index is 5.14. The average Bonchev–Trinajstić information content (AvgIpc) is 2.31. The molecule has 1 fully saturated rings. The van der Waals surface area contributed by atoms with E-state index in [2.05, 4.69) is 17.4 Å². The molecule has 0 saturated carbocycles. The lowest BCUT2D eigenvalue weighted by atomic mass is 9.98. The number of halogens is 1. The minimum Gasteiger partial charge on any atom is -0.497 e. The fourth-order valence-corrected chi connectivity index (χ4v) is 2.14. The van der Waals surface area contributed by atoms with Crippen molar-refractivity contribution in [2.24, 2.45) is 0 Å². The van der Waals surface area contributed by atoms with Gasteiger partial charge in [0.1, 0.15) is 5.75 Å². The minimum atomic E-state index is 0. The molecule has 1 aromatic rings. The number of rotatable bonds is 3. The van der Waals surface area contributed by atoms with Crippen molar-refractivity contribution < 1.29 is 4.74 Å². The van der Waals surface area contributed by atoms with Gasteiger partial charge < -0.3 is 10.1 Å². The number of ether oxygens (including phenoxy) is 1. The summed E-state index contributed by atoms with van der Waals surface area (Å²) in [6.45, 7) is 1.18. The predicted molar refractivity (Wildman–Crippen MR) is 69.6 cm³/mol. The van der Waals surface area contributed by atoms with Gasteiger partial charge in [-0.25, -0.2) is 0 Å². The summed E-state index contributed by atoms with van der Waals surface area (Å²) in [5, 5.41) is 3.56. The molecule has 0 bridgehead atoms. The fraction of sp³-hybridized carbons (Fsp3) is 0.538. The molecular weight excluding hydrogens is 222 g/mol. The van der Waals surface area contributed by atoms with Crippen LogP contribution in [0.3, 0.4) is 0 Å². The Labute approximate surface area is 104 Å². The SMILES string of the molecule is COc1ccc(CC2CCCCN2)cc1.Cl. The molecule has 0 radical (unpaired) electrons. The van der Waals surface area contributed by atoms with Crippen LogP contribution in [0.15, 0.2) is 24.3 Å². The topological polar surface area (TPSA) is 21.3 Å². The number of hydrogen-bond donors (Lipinski definition) is 1. The number of benzene rings is 1. The van der Waals surface area contributed by atoms with E-state index in [1.54, 1.807) is 7.11 Å². The van der Waals surface area contributed by atoms with E-state index >= 15 is 0 Å². The Hall–Kier alpha value is -0.730. The third kappa shape index (κ3) is 3.69. The van der Waals surface area contributed by atoms with Crippen LogP contribution in [0.4, 0.5) is 0 Å². The molecule has 16 heavy (non-hydrogen) atoms. The molecule has 2 nitrogen and oxygen atoms in total. The third-order valence-electron chi connectivity index (χ3n) is 3.05. The first kappa shape index (κ1) is 13.3. The molecule has 1 unspecified atom stereocenters. The fourth-order valence-electron chi connectivity index (χ4n) is 2.14. The van der Waals surface area contributed by atoms with E-state index in [1.165, 1.54) is 31.4 Å². The summed E-state index contributed by atoms with van der Waals surface area (Å²) in [5.41, 5.74) is 1.40. The van der Waals surface area contributed by atoms with Crippen molar-refractivity contribution in [2.75, 3.05) is 13.7 Å². The summed E-state index contributed by atoms with van der Waals surface area (Å²) >= 11 is 0. The zero-order valence-corrected chi connectivity index (χ0v) is 10.6. The van der Waals surface area contributed by atoms with Crippen LogP contribution in [0.1, 0.15) is 24.8 Å². The van der Waals surface area contributed by atoms with E-state index in [0.717, 1.165) is 12.2 Å². The number of piperidine rings is 1. The first-order valence-corrected chi connectivity index (χ1v) is 5.75. The Bertz CT molecular complexity index is 293. The Morgan fingerprint density at radius 2 is 2.00 bits per heavy atom. The lowest BCUT2D eigenvalue weighted by Crippen LogP contribution is -2.35. The van der Waals surface area contributed by atoms with Crippen molar-refractivity contribution in [2.45, 2.75) is 31.7 Å². The molecule has 0 aliphatic carbocycles. The second-order valence-electron chi connectivity index (χ2n) is 4.20. The maximum Gasteiger partial charge on any atom is 0.118 e. The van der Waals surface area contributed by atoms with Crippen molar-refractivity contribution >= 4 is 12.4 Å². The van der Waals surface area contributed by atoms with E-state index in [0.29, 0.717) is 6.04 Å². The first-order valence-electron chi connectivity index (χ1n) is 5.75. The second kappa shape index (κ2) is 6.77. The van der Waals surface area contributed by atoms with Crippen molar-refractivity contribution in [3.63, 3.8) is 0 Å². The van der Waals surface area contributed by atoms with Crippen LogP contribution in [0.2, 0.25) is 0 Å². The molecular formula is C13H20ClNO. The van der Waals surface area contributed by atoms with E-state index in [1.807, 2.05) is 12.1 Å². The number of hydrogen-bond acceptors (Lipinski definition) is 2. The molecule has 90 valence electrons. The van der Waals surface area contributed by atoms with E-state index in [-0.39, 0.29) is 12.4 Å². The molecule has 0 spiro atoms. The van der Waals surface area contributed by atoms with E-state index < -0.39 is 0 Å². The Balaban J connectivity index is 0.00000128. The number of methoxy groups -OCH3 is 1. The van der Waals surface area contributed by atoms with Crippen LogP contribution < -0.4 is 10.1 Å². The average molecular weight is 242 g/mol. The predicted octanol–water partition coefficient (Wildman–Crippen LogP) is 2.80. The largest absolute Gasteiger partial charge is 0.497 e. The van der Waals surface area contributed by atoms with Crippen molar-refractivity contribution in [3.8, 4) is 5.75 Å². The highest BCUT2D eigenvalue weighted by atomic mass is 35.5. The monoisotopic (exact) mass is 241 g/mol. The van der Waals surface area contributed by atoms with Gasteiger partial charge in [0, 0.05) is 6.04 Å². The quantitative estimate of drug-likeness (QED) is 0.879. The Morgan fingerprint density at radius 3 is 2.56 bits per heavy atom. The van der Waals surface area contributed by atoms with Gasteiger partial charge >= 0.3 is 0 Å². The molecule has 1 aromatic carbocycles. The number of nitrogens with one attached hydrogen (secondary N) is 1. The van der Waals surface area contributed by atoms with Crippen molar-refractivity contribution in [1.82, 2.24) is 5.32 Å². The standard InChI is InChI=1S/C13H19NO.ClH/c1-15-13-7-5-11(6-8-13)10-12-4-2-3-9-14-12;/h5-8,12,14H,2-4,9-10H2,1H3;1H. The van der Waals surface area contributed by atoms with Crippen LogP contribution in [0, 0.1) is 0 Å². The first-order chi connectivity index (χ1) is 7.38. The smallest absolute Gasteiger partial charge is 0.118 e. The normalized spacial score (nSPS) is 19.9. The second-order valence-corrected chi connectivity index (χ2v) is 4.20. The summed E-state index contributed by atoms with van der Waals surface area (Å²) in [6.07, 6.45) is 5.16. The molecule has 2 rings (SSSR count). The van der Waals surface area contributed by atoms with Crippen LogP contribution in [-0.4, -0.2) is 19.7 Å². The zero-order chi connectivity index (χ0) is 10.5. The third-order valence-corrected chi connectivity index (χ3v) is 3.05. The lowest BCUT2D eigenvalue weighted by molar-refractivity contribution is 0.398. The van der Waals surface area contributed by atoms with E-state index in [9.17, 15) is 0 Å². The Morgan fingerprint density at radius 1 is 1.25 bits per heavy atom. The molecule has 1 aliphatic rings. The summed E-state index contributed by atoms with van der Waals surface area (Å²) in [7, 11) is 1.71. The molecule has 1 N–H and O–H groups in total. The summed E-state index contributed by atoms with van der Waals surface area (Å²) in [6, 6.07) is 9.08. The van der Waals surface area contributed by atoms with Gasteiger partial charge in [-0.15, -0.1) is 12.4 Å². The Kier molecular flexibility index (Phi) is 5.64. The van der Waals surface area contributed by atoms with Gasteiger partial charge in [-0.05, 0) is 43.5 Å². The molecule has 0 aromatic heterocycles. The minimum absolute atomic E-state index is 0. The van der Waals surface area contributed by atoms with Gasteiger partial charge in [0.15, 0.2) is 0 Å². The van der Waals surface area contributed by atoms with Crippen LogP contribution in [0.25, 0.3) is 0 Å². The maximum atomic E-state index is 5.14. The van der Waals surface area contributed by atoms with Gasteiger partial charge in [-0.1, -0.05) is 18.6 Å². The van der Waals surface area contributed by atoms with Gasteiger partial charge in [0.25, 0.3) is 0 Å². The molecule has 0 amide bonds. The summed E-state index contributed by atoms with van der Waals surface area (Å²) < 4.78 is 5.14. The zero-order valence-electron chi connectivity index (χ0n) is 9.74. The van der Waals surface area contributed by atoms with Gasteiger partial charge in [-0.3, -0.25) is 0 Å². The molecule has 1 aliphatic heterocycles. The highest BCUT2D eigenvalue weighted by Crippen LogP contribution is 2.16. The lowest BCUT2D eigenvalue weighted by Gasteiger charge is -2.23. The molecule has 1 atom stereocenters. The van der Waals surface area contributed by atoms with Crippen molar-refractivity contribution in [3.05, 3.63) is 29.8 Å². The van der Waals surface area contributed by atoms with Crippen molar-refractivity contribution in [1.29, 1.82) is 0 Å². The van der Waals surface area contributed by atoms with Gasteiger partial charge in [0.05, 0.1) is 7.11 Å². The van der Waals surface area contributed by atoms with Gasteiger partial charge in [0.2, 0.25) is 0 Å². The van der Waals surface area contributed by atoms with Crippen LogP contribution in [0.5, 0.6) is 5.75 Å². The molecule has 1 saturated heterocycles. The van der Waals surface area contributed by atoms with E-state index in [4.69, 9.17) is 4.74 Å². The highest BCUT2D eigenvalue weighted by Gasteiger charge is 2.12. The highest BCUT2D eigenvalue weighted by molar-refractivity contribution is 5.85. The van der Waals surface area contributed by atoms with Crippen LogP contribution in [-0.2, 0) is 6.42 Å². The van der Waals surface area contributed by atoms with Crippen LogP contribution >= 0.6 is 12.4 Å².